The molecule has 2 aliphatic rings. The van der Waals surface area contributed by atoms with Gasteiger partial charge >= 0.3 is 5.97 Å². The van der Waals surface area contributed by atoms with Gasteiger partial charge < -0.3 is 19.7 Å². The maximum Gasteiger partial charge on any atom is 0.308 e. The lowest BCUT2D eigenvalue weighted by Crippen LogP contribution is -2.57. The van der Waals surface area contributed by atoms with E-state index >= 15 is 0 Å². The standard InChI is InChI=1S/C24H27N5O6S2/c1-4-35-18(30)13-16-21(31)25-7-9-27(16)20-15(22(32)28-8-5-6-14(2)19(28)26-20)12-17-23(33)29(10-11-34-3)24(36)37-17/h5-6,8,12,16H,4,7,9-11,13H2,1-3H3,(H,25,31)/b17-12-/t16-/m1/s1. The first-order chi connectivity index (χ1) is 17.8. The van der Waals surface area contributed by atoms with Crippen LogP contribution in [0.4, 0.5) is 5.82 Å². The largest absolute Gasteiger partial charge is 0.466 e. The lowest BCUT2D eigenvalue weighted by atomic mass is 10.1. The quantitative estimate of drug-likeness (QED) is 0.293. The minimum Gasteiger partial charge on any atom is -0.466 e. The number of rotatable bonds is 8. The van der Waals surface area contributed by atoms with Crippen molar-refractivity contribution in [3.63, 3.8) is 0 Å². The number of hydrogen-bond acceptors (Lipinski definition) is 10. The summed E-state index contributed by atoms with van der Waals surface area (Å²) in [5, 5.41) is 2.76. The fourth-order valence-corrected chi connectivity index (χ4v) is 5.49. The summed E-state index contributed by atoms with van der Waals surface area (Å²) in [7, 11) is 1.53. The number of esters is 1. The van der Waals surface area contributed by atoms with Crippen molar-refractivity contribution in [3.8, 4) is 0 Å². The Labute approximate surface area is 222 Å². The molecule has 0 aromatic carbocycles. The summed E-state index contributed by atoms with van der Waals surface area (Å²) in [6.07, 6.45) is 2.86. The van der Waals surface area contributed by atoms with Crippen molar-refractivity contribution in [2.75, 3.05) is 44.9 Å². The molecule has 2 saturated heterocycles. The van der Waals surface area contributed by atoms with Gasteiger partial charge in [-0.25, -0.2) is 4.98 Å². The summed E-state index contributed by atoms with van der Waals surface area (Å²) in [5.74, 6) is -1.04. The number of aryl methyl sites for hydroxylation is 1. The fourth-order valence-electron chi connectivity index (χ4n) is 4.20. The Kier molecular flexibility index (Phi) is 8.25. The monoisotopic (exact) mass is 545 g/mol. The molecule has 1 N–H and O–H groups in total. The first-order valence-electron chi connectivity index (χ1n) is 11.7. The van der Waals surface area contributed by atoms with Gasteiger partial charge in [-0.1, -0.05) is 30.0 Å². The highest BCUT2D eigenvalue weighted by Crippen LogP contribution is 2.34. The molecule has 2 aromatic heterocycles. The van der Waals surface area contributed by atoms with E-state index in [-0.39, 0.29) is 47.7 Å². The van der Waals surface area contributed by atoms with Crippen molar-refractivity contribution < 1.29 is 23.9 Å². The Hall–Kier alpha value is -3.29. The molecule has 2 aliphatic heterocycles. The SMILES string of the molecule is CCOC(=O)C[C@@H]1C(=O)NCCN1c1nc2c(C)cccn2c(=O)c1/C=C1\SC(=S)N(CCOC)C1=O. The Morgan fingerprint density at radius 3 is 2.86 bits per heavy atom. The van der Waals surface area contributed by atoms with E-state index in [2.05, 4.69) is 5.32 Å². The van der Waals surface area contributed by atoms with E-state index in [1.807, 2.05) is 13.0 Å². The number of thioether (sulfide) groups is 1. The second-order valence-corrected chi connectivity index (χ2v) is 10.1. The van der Waals surface area contributed by atoms with E-state index in [0.29, 0.717) is 29.7 Å². The number of ether oxygens (including phenoxy) is 2. The highest BCUT2D eigenvalue weighted by atomic mass is 32.2. The number of pyridine rings is 1. The van der Waals surface area contributed by atoms with Gasteiger partial charge in [0.1, 0.15) is 21.8 Å². The zero-order chi connectivity index (χ0) is 26.7. The Morgan fingerprint density at radius 2 is 2.14 bits per heavy atom. The number of thiocarbonyl (C=S) groups is 1. The molecule has 0 spiro atoms. The molecule has 1 atom stereocenters. The zero-order valence-corrected chi connectivity index (χ0v) is 22.3. The molecule has 11 nitrogen and oxygen atoms in total. The van der Waals surface area contributed by atoms with Gasteiger partial charge in [0, 0.05) is 26.4 Å². The van der Waals surface area contributed by atoms with Crippen LogP contribution in [0.5, 0.6) is 0 Å². The van der Waals surface area contributed by atoms with Gasteiger partial charge in [0.15, 0.2) is 0 Å². The number of carbonyl (C=O) groups excluding carboxylic acids is 3. The third kappa shape index (κ3) is 5.38. The van der Waals surface area contributed by atoms with Gasteiger partial charge in [-0.05, 0) is 31.6 Å². The summed E-state index contributed by atoms with van der Waals surface area (Å²) in [4.78, 5) is 60.1. The van der Waals surface area contributed by atoms with Crippen LogP contribution in [0.1, 0.15) is 24.5 Å². The number of amides is 2. The molecule has 0 saturated carbocycles. The molecule has 2 fully saturated rings. The second-order valence-electron chi connectivity index (χ2n) is 8.37. The lowest BCUT2D eigenvalue weighted by molar-refractivity contribution is -0.145. The number of hydrogen-bond donors (Lipinski definition) is 1. The van der Waals surface area contributed by atoms with E-state index in [1.54, 1.807) is 24.1 Å². The minimum atomic E-state index is -0.936. The van der Waals surface area contributed by atoms with E-state index in [0.717, 1.165) is 17.3 Å². The minimum absolute atomic E-state index is 0.124. The predicted molar refractivity (Wildman–Crippen MR) is 143 cm³/mol. The van der Waals surface area contributed by atoms with Crippen LogP contribution in [0.2, 0.25) is 0 Å². The number of carbonyl (C=O) groups is 3. The van der Waals surface area contributed by atoms with Crippen LogP contribution in [0.3, 0.4) is 0 Å². The van der Waals surface area contributed by atoms with E-state index in [1.165, 1.54) is 22.5 Å². The third-order valence-corrected chi connectivity index (χ3v) is 7.38. The van der Waals surface area contributed by atoms with Crippen molar-refractivity contribution in [1.82, 2.24) is 19.6 Å². The van der Waals surface area contributed by atoms with Crippen LogP contribution >= 0.6 is 24.0 Å². The van der Waals surface area contributed by atoms with Gasteiger partial charge in [-0.3, -0.25) is 28.5 Å². The Bertz CT molecular complexity index is 1360. The van der Waals surface area contributed by atoms with Crippen LogP contribution < -0.4 is 15.8 Å². The Morgan fingerprint density at radius 1 is 1.35 bits per heavy atom. The number of nitrogens with zero attached hydrogens (tertiary/aromatic N) is 4. The van der Waals surface area contributed by atoms with Crippen molar-refractivity contribution in [2.24, 2.45) is 0 Å². The maximum absolute atomic E-state index is 13.8. The van der Waals surface area contributed by atoms with Crippen molar-refractivity contribution in [3.05, 3.63) is 44.7 Å². The smallest absolute Gasteiger partial charge is 0.308 e. The van der Waals surface area contributed by atoms with Gasteiger partial charge in [-0.15, -0.1) is 0 Å². The normalized spacial score (nSPS) is 19.2. The molecule has 0 aliphatic carbocycles. The lowest BCUT2D eigenvalue weighted by Gasteiger charge is -2.36. The maximum atomic E-state index is 13.8. The zero-order valence-electron chi connectivity index (χ0n) is 20.7. The molecule has 37 heavy (non-hydrogen) atoms. The first kappa shape index (κ1) is 26.8. The molecule has 4 rings (SSSR count). The Balaban J connectivity index is 1.87. The van der Waals surface area contributed by atoms with E-state index in [9.17, 15) is 19.2 Å². The molecule has 0 bridgehead atoms. The predicted octanol–water partition coefficient (Wildman–Crippen LogP) is 1.11. The van der Waals surface area contributed by atoms with Crippen molar-refractivity contribution in [2.45, 2.75) is 26.3 Å². The molecule has 13 heteroatoms. The number of nitrogens with one attached hydrogen (secondary N) is 1. The summed E-state index contributed by atoms with van der Waals surface area (Å²) >= 11 is 6.46. The molecule has 2 aromatic rings. The van der Waals surface area contributed by atoms with Crippen LogP contribution in [0, 0.1) is 6.92 Å². The van der Waals surface area contributed by atoms with Crippen LogP contribution in [0.25, 0.3) is 11.7 Å². The number of anilines is 1. The van der Waals surface area contributed by atoms with Crippen molar-refractivity contribution >= 4 is 63.6 Å². The van der Waals surface area contributed by atoms with Crippen molar-refractivity contribution in [1.29, 1.82) is 0 Å². The topological polar surface area (TPSA) is 123 Å². The van der Waals surface area contributed by atoms with Crippen LogP contribution in [-0.4, -0.2) is 82.4 Å². The second kappa shape index (κ2) is 11.4. The van der Waals surface area contributed by atoms with Crippen LogP contribution in [0.15, 0.2) is 28.0 Å². The highest BCUT2D eigenvalue weighted by Gasteiger charge is 2.36. The molecule has 0 radical (unpaired) electrons. The molecule has 4 heterocycles. The fraction of sp³-hybridized carbons (Fsp3) is 0.417. The third-order valence-electron chi connectivity index (χ3n) is 6.00. The summed E-state index contributed by atoms with van der Waals surface area (Å²) in [6, 6.07) is 2.62. The summed E-state index contributed by atoms with van der Waals surface area (Å²) in [6.45, 7) is 4.89. The van der Waals surface area contributed by atoms with E-state index in [4.69, 9.17) is 26.7 Å². The summed E-state index contributed by atoms with van der Waals surface area (Å²) in [5.41, 5.74) is 0.875. The first-order valence-corrected chi connectivity index (χ1v) is 13.0. The number of fused-ring (bicyclic) bond motifs is 1. The molecular weight excluding hydrogens is 518 g/mol. The number of aromatic nitrogens is 2. The summed E-state index contributed by atoms with van der Waals surface area (Å²) < 4.78 is 11.9. The average molecular weight is 546 g/mol. The van der Waals surface area contributed by atoms with E-state index < -0.39 is 17.6 Å². The average Bonchev–Trinajstić information content (AvgIpc) is 3.13. The van der Waals surface area contributed by atoms with Crippen LogP contribution in [-0.2, 0) is 23.9 Å². The van der Waals surface area contributed by atoms with Gasteiger partial charge in [0.05, 0.1) is 36.6 Å². The molecular formula is C24H27N5O6S2. The van der Waals surface area contributed by atoms with Gasteiger partial charge in [-0.2, -0.15) is 0 Å². The number of piperazine rings is 1. The molecule has 2 amide bonds. The van der Waals surface area contributed by atoms with Gasteiger partial charge in [0.2, 0.25) is 5.91 Å². The van der Waals surface area contributed by atoms with Gasteiger partial charge in [0.25, 0.3) is 11.5 Å². The number of methoxy groups -OCH3 is 1. The highest BCUT2D eigenvalue weighted by molar-refractivity contribution is 8.26. The molecule has 196 valence electrons. The molecule has 0 unspecified atom stereocenters.